The average Bonchev–Trinajstić information content (AvgIpc) is 3.18. The second-order valence-electron chi connectivity index (χ2n) is 9.28. The summed E-state index contributed by atoms with van der Waals surface area (Å²) in [4.78, 5) is 28.3. The van der Waals surface area contributed by atoms with Gasteiger partial charge in [-0.3, -0.25) is 14.5 Å². The van der Waals surface area contributed by atoms with Crippen LogP contribution in [0.4, 0.5) is 5.69 Å². The molecule has 2 aliphatic heterocycles. The van der Waals surface area contributed by atoms with Gasteiger partial charge in [0.15, 0.2) is 11.5 Å². The first-order valence-corrected chi connectivity index (χ1v) is 12.4. The number of nitrogens with zero attached hydrogens (tertiary/aromatic N) is 1. The quantitative estimate of drug-likeness (QED) is 0.276. The van der Waals surface area contributed by atoms with Gasteiger partial charge in [0.2, 0.25) is 0 Å². The van der Waals surface area contributed by atoms with E-state index >= 15 is 0 Å². The van der Waals surface area contributed by atoms with Gasteiger partial charge in [0.25, 0.3) is 11.7 Å². The third-order valence-electron chi connectivity index (χ3n) is 6.45. The standard InChI is InChI=1S/C30H29NO6/c1-4-19-5-7-20(8-6-19)27-26(28(32)21-9-14-24-25(17-21)36-16-15-35-24)29(33)30(34)31(27)22-10-12-23(13-11-22)37-18(2)3/h5-14,17-18,27,32H,4,15-16H2,1-3H3/b28-26-. The molecule has 190 valence electrons. The van der Waals surface area contributed by atoms with Crippen molar-refractivity contribution in [2.45, 2.75) is 39.3 Å². The Kier molecular flexibility index (Phi) is 6.61. The van der Waals surface area contributed by atoms with Crippen LogP contribution in [0.2, 0.25) is 0 Å². The first kappa shape index (κ1) is 24.4. The van der Waals surface area contributed by atoms with Crippen molar-refractivity contribution < 1.29 is 28.9 Å². The fourth-order valence-electron chi connectivity index (χ4n) is 4.65. The molecule has 1 N–H and O–H groups in total. The Hall–Kier alpha value is -4.26. The molecule has 0 bridgehead atoms. The second-order valence-corrected chi connectivity index (χ2v) is 9.28. The molecule has 2 aliphatic rings. The van der Waals surface area contributed by atoms with Crippen molar-refractivity contribution in [3.05, 3.63) is 89.0 Å². The number of Topliss-reactive ketones (excluding diaryl/α,β-unsaturated/α-hetero) is 1. The number of carbonyl (C=O) groups excluding carboxylic acids is 2. The fraction of sp³-hybridized carbons (Fsp3) is 0.267. The Labute approximate surface area is 215 Å². The Morgan fingerprint density at radius 3 is 2.30 bits per heavy atom. The maximum atomic E-state index is 13.4. The fourth-order valence-corrected chi connectivity index (χ4v) is 4.65. The summed E-state index contributed by atoms with van der Waals surface area (Å²) < 4.78 is 17.0. The lowest BCUT2D eigenvalue weighted by Gasteiger charge is -2.26. The Balaban J connectivity index is 1.63. The smallest absolute Gasteiger partial charge is 0.300 e. The number of ketones is 1. The first-order chi connectivity index (χ1) is 17.9. The molecule has 0 aliphatic carbocycles. The maximum Gasteiger partial charge on any atom is 0.300 e. The largest absolute Gasteiger partial charge is 0.507 e. The number of ether oxygens (including phenoxy) is 3. The van der Waals surface area contributed by atoms with Crippen molar-refractivity contribution in [3.8, 4) is 17.2 Å². The molecule has 3 aromatic rings. The van der Waals surface area contributed by atoms with E-state index < -0.39 is 17.7 Å². The number of amides is 1. The van der Waals surface area contributed by atoms with Gasteiger partial charge in [-0.2, -0.15) is 0 Å². The van der Waals surface area contributed by atoms with Gasteiger partial charge < -0.3 is 19.3 Å². The molecule has 0 radical (unpaired) electrons. The molecule has 1 unspecified atom stereocenters. The molecular formula is C30H29NO6. The number of hydrogen-bond acceptors (Lipinski definition) is 6. The number of anilines is 1. The highest BCUT2D eigenvalue weighted by atomic mass is 16.6. The van der Waals surface area contributed by atoms with Crippen molar-refractivity contribution in [1.82, 2.24) is 0 Å². The summed E-state index contributed by atoms with van der Waals surface area (Å²) in [6, 6.07) is 19.0. The predicted octanol–water partition coefficient (Wildman–Crippen LogP) is 5.43. The van der Waals surface area contributed by atoms with Gasteiger partial charge in [-0.15, -0.1) is 0 Å². The van der Waals surface area contributed by atoms with Crippen LogP contribution in [0.3, 0.4) is 0 Å². The highest BCUT2D eigenvalue weighted by Gasteiger charge is 2.47. The molecule has 0 aromatic heterocycles. The van der Waals surface area contributed by atoms with Crippen LogP contribution in [-0.4, -0.2) is 36.1 Å². The Morgan fingerprint density at radius 2 is 1.65 bits per heavy atom. The number of aryl methyl sites for hydroxylation is 1. The van der Waals surface area contributed by atoms with Gasteiger partial charge in [0, 0.05) is 11.3 Å². The summed E-state index contributed by atoms with van der Waals surface area (Å²) >= 11 is 0. The van der Waals surface area contributed by atoms with Crippen molar-refractivity contribution in [2.75, 3.05) is 18.1 Å². The third kappa shape index (κ3) is 4.65. The lowest BCUT2D eigenvalue weighted by Crippen LogP contribution is -2.29. The molecule has 1 atom stereocenters. The summed E-state index contributed by atoms with van der Waals surface area (Å²) in [5, 5.41) is 11.4. The van der Waals surface area contributed by atoms with E-state index in [1.165, 1.54) is 4.90 Å². The zero-order valence-electron chi connectivity index (χ0n) is 21.1. The number of aliphatic hydroxyl groups excluding tert-OH is 1. The molecule has 7 nitrogen and oxygen atoms in total. The van der Waals surface area contributed by atoms with E-state index in [0.717, 1.165) is 17.5 Å². The molecule has 0 saturated carbocycles. The minimum atomic E-state index is -0.809. The minimum absolute atomic E-state index is 0.00292. The Morgan fingerprint density at radius 1 is 0.973 bits per heavy atom. The Bertz CT molecular complexity index is 1360. The van der Waals surface area contributed by atoms with Crippen LogP contribution in [0.25, 0.3) is 5.76 Å². The normalized spacial score (nSPS) is 18.4. The molecule has 7 heteroatoms. The summed E-state index contributed by atoms with van der Waals surface area (Å²) in [6.07, 6.45) is 0.859. The van der Waals surface area contributed by atoms with E-state index in [9.17, 15) is 14.7 Å². The number of rotatable bonds is 6. The van der Waals surface area contributed by atoms with E-state index in [1.54, 1.807) is 42.5 Å². The van der Waals surface area contributed by atoms with Gasteiger partial charge in [-0.25, -0.2) is 0 Å². The number of benzene rings is 3. The molecule has 2 heterocycles. The van der Waals surface area contributed by atoms with E-state index in [-0.39, 0.29) is 17.4 Å². The first-order valence-electron chi connectivity index (χ1n) is 12.4. The number of hydrogen-bond donors (Lipinski definition) is 1. The second kappa shape index (κ2) is 10.0. The summed E-state index contributed by atoms with van der Waals surface area (Å²) in [5.41, 5.74) is 2.77. The van der Waals surface area contributed by atoms with Gasteiger partial charge in [0.05, 0.1) is 17.7 Å². The molecular weight excluding hydrogens is 470 g/mol. The van der Waals surface area contributed by atoms with Gasteiger partial charge in [0.1, 0.15) is 24.7 Å². The van der Waals surface area contributed by atoms with Crippen LogP contribution in [0, 0.1) is 0 Å². The van der Waals surface area contributed by atoms with Crippen LogP contribution in [0.1, 0.15) is 43.5 Å². The number of aliphatic hydroxyl groups is 1. The monoisotopic (exact) mass is 499 g/mol. The van der Waals surface area contributed by atoms with Crippen LogP contribution >= 0.6 is 0 Å². The molecule has 0 spiro atoms. The topological polar surface area (TPSA) is 85.3 Å². The lowest BCUT2D eigenvalue weighted by molar-refractivity contribution is -0.132. The van der Waals surface area contributed by atoms with Crippen molar-refractivity contribution in [3.63, 3.8) is 0 Å². The van der Waals surface area contributed by atoms with Gasteiger partial charge >= 0.3 is 0 Å². The molecule has 3 aromatic carbocycles. The molecule has 1 saturated heterocycles. The van der Waals surface area contributed by atoms with Gasteiger partial charge in [-0.1, -0.05) is 31.2 Å². The van der Waals surface area contributed by atoms with E-state index in [0.29, 0.717) is 41.7 Å². The number of carbonyl (C=O) groups is 2. The van der Waals surface area contributed by atoms with Gasteiger partial charge in [-0.05, 0) is 73.9 Å². The van der Waals surface area contributed by atoms with Crippen LogP contribution < -0.4 is 19.1 Å². The highest BCUT2D eigenvalue weighted by molar-refractivity contribution is 6.51. The zero-order chi connectivity index (χ0) is 26.1. The zero-order valence-corrected chi connectivity index (χ0v) is 21.1. The van der Waals surface area contributed by atoms with Crippen molar-refractivity contribution >= 4 is 23.1 Å². The van der Waals surface area contributed by atoms with E-state index in [1.807, 2.05) is 38.1 Å². The summed E-state index contributed by atoms with van der Waals surface area (Å²) in [7, 11) is 0. The molecule has 1 amide bonds. The SMILES string of the molecule is CCc1ccc(C2/C(=C(/O)c3ccc4c(c3)OCCO4)C(=O)C(=O)N2c2ccc(OC(C)C)cc2)cc1. The van der Waals surface area contributed by atoms with Crippen LogP contribution in [0.15, 0.2) is 72.3 Å². The molecule has 1 fully saturated rings. The third-order valence-corrected chi connectivity index (χ3v) is 6.45. The predicted molar refractivity (Wildman–Crippen MR) is 140 cm³/mol. The summed E-state index contributed by atoms with van der Waals surface area (Å²) in [5.74, 6) is -0.00829. The average molecular weight is 500 g/mol. The van der Waals surface area contributed by atoms with Crippen LogP contribution in [-0.2, 0) is 16.0 Å². The maximum absolute atomic E-state index is 13.4. The minimum Gasteiger partial charge on any atom is -0.507 e. The van der Waals surface area contributed by atoms with Crippen molar-refractivity contribution in [2.24, 2.45) is 0 Å². The van der Waals surface area contributed by atoms with E-state index in [4.69, 9.17) is 14.2 Å². The van der Waals surface area contributed by atoms with E-state index in [2.05, 4.69) is 6.92 Å². The summed E-state index contributed by atoms with van der Waals surface area (Å²) in [6.45, 7) is 6.76. The van der Waals surface area contributed by atoms with Crippen molar-refractivity contribution in [1.29, 1.82) is 0 Å². The number of fused-ring (bicyclic) bond motifs is 1. The van der Waals surface area contributed by atoms with Crippen LogP contribution in [0.5, 0.6) is 17.2 Å². The molecule has 37 heavy (non-hydrogen) atoms. The molecule has 5 rings (SSSR count). The highest BCUT2D eigenvalue weighted by Crippen LogP contribution is 2.43. The lowest BCUT2D eigenvalue weighted by atomic mass is 9.94.